The van der Waals surface area contributed by atoms with Gasteiger partial charge in [-0.3, -0.25) is 4.79 Å². The Morgan fingerprint density at radius 3 is 2.75 bits per heavy atom. The molecule has 1 atom stereocenters. The van der Waals surface area contributed by atoms with E-state index < -0.39 is 6.10 Å². The molecule has 0 heterocycles. The largest absolute Gasteiger partial charge is 0.489 e. The molecule has 2 aromatic rings. The maximum Gasteiger partial charge on any atom is 0.265 e. The molecular weight excluding hydrogens is 302 g/mol. The Balaban J connectivity index is 2.01. The minimum absolute atomic E-state index is 0.211. The molecule has 126 valence electrons. The third-order valence-corrected chi connectivity index (χ3v) is 3.70. The molecular formula is C20H23NO3. The highest BCUT2D eigenvalue weighted by molar-refractivity contribution is 5.94. The van der Waals surface area contributed by atoms with Crippen molar-refractivity contribution in [3.8, 4) is 11.5 Å². The molecule has 0 aliphatic carbocycles. The molecule has 0 fully saturated rings. The maximum atomic E-state index is 12.3. The van der Waals surface area contributed by atoms with Crippen molar-refractivity contribution in [1.82, 2.24) is 0 Å². The van der Waals surface area contributed by atoms with E-state index in [0.717, 1.165) is 16.9 Å². The molecule has 0 aliphatic rings. The number of anilines is 1. The SMILES string of the molecule is C=CCOc1cccc(NC(=O)C(C)Oc2cccc(C)c2C)c1. The minimum atomic E-state index is -0.608. The normalized spacial score (nSPS) is 11.5. The summed E-state index contributed by atoms with van der Waals surface area (Å²) in [7, 11) is 0. The topological polar surface area (TPSA) is 47.6 Å². The van der Waals surface area contributed by atoms with E-state index in [1.54, 1.807) is 19.1 Å². The molecule has 1 amide bonds. The van der Waals surface area contributed by atoms with E-state index in [4.69, 9.17) is 9.47 Å². The van der Waals surface area contributed by atoms with Crippen LogP contribution in [0.25, 0.3) is 0 Å². The van der Waals surface area contributed by atoms with Crippen LogP contribution >= 0.6 is 0 Å². The van der Waals surface area contributed by atoms with Gasteiger partial charge >= 0.3 is 0 Å². The zero-order chi connectivity index (χ0) is 17.5. The van der Waals surface area contributed by atoms with Crippen molar-refractivity contribution in [2.24, 2.45) is 0 Å². The van der Waals surface area contributed by atoms with Gasteiger partial charge in [-0.2, -0.15) is 0 Å². The van der Waals surface area contributed by atoms with Crippen molar-refractivity contribution in [1.29, 1.82) is 0 Å². The van der Waals surface area contributed by atoms with Crippen LogP contribution in [0, 0.1) is 13.8 Å². The van der Waals surface area contributed by atoms with Gasteiger partial charge in [0, 0.05) is 11.8 Å². The first kappa shape index (κ1) is 17.6. The number of ether oxygens (including phenoxy) is 2. The number of benzene rings is 2. The second-order valence-electron chi connectivity index (χ2n) is 5.57. The number of carbonyl (C=O) groups is 1. The molecule has 1 unspecified atom stereocenters. The average molecular weight is 325 g/mol. The van der Waals surface area contributed by atoms with Crippen LogP contribution in [0.15, 0.2) is 55.1 Å². The van der Waals surface area contributed by atoms with Crippen LogP contribution in [0.5, 0.6) is 11.5 Å². The van der Waals surface area contributed by atoms with E-state index in [1.165, 1.54) is 0 Å². The highest BCUT2D eigenvalue weighted by Crippen LogP contribution is 2.22. The number of aryl methyl sites for hydroxylation is 1. The van der Waals surface area contributed by atoms with Gasteiger partial charge in [0.25, 0.3) is 5.91 Å². The molecule has 4 heteroatoms. The Morgan fingerprint density at radius 1 is 1.25 bits per heavy atom. The third-order valence-electron chi connectivity index (χ3n) is 3.70. The molecule has 1 N–H and O–H groups in total. The van der Waals surface area contributed by atoms with Crippen molar-refractivity contribution in [3.63, 3.8) is 0 Å². The standard InChI is InChI=1S/C20H23NO3/c1-5-12-23-18-10-7-9-17(13-18)21-20(22)16(4)24-19-11-6-8-14(2)15(19)3/h5-11,13,16H,1,12H2,2-4H3,(H,21,22). The Hall–Kier alpha value is -2.75. The van der Waals surface area contributed by atoms with Crippen LogP contribution in [0.1, 0.15) is 18.1 Å². The second kappa shape index (κ2) is 8.20. The lowest BCUT2D eigenvalue weighted by molar-refractivity contribution is -0.122. The zero-order valence-electron chi connectivity index (χ0n) is 14.3. The van der Waals surface area contributed by atoms with Crippen molar-refractivity contribution >= 4 is 11.6 Å². The summed E-state index contributed by atoms with van der Waals surface area (Å²) < 4.78 is 11.3. The van der Waals surface area contributed by atoms with Gasteiger partial charge in [0.1, 0.15) is 18.1 Å². The van der Waals surface area contributed by atoms with E-state index in [0.29, 0.717) is 18.0 Å². The maximum absolute atomic E-state index is 12.3. The predicted molar refractivity (Wildman–Crippen MR) is 96.8 cm³/mol. The molecule has 4 nitrogen and oxygen atoms in total. The predicted octanol–water partition coefficient (Wildman–Crippen LogP) is 4.27. The van der Waals surface area contributed by atoms with E-state index in [9.17, 15) is 4.79 Å². The summed E-state index contributed by atoms with van der Waals surface area (Å²) in [5.41, 5.74) is 2.84. The first-order valence-electron chi connectivity index (χ1n) is 7.88. The molecule has 24 heavy (non-hydrogen) atoms. The summed E-state index contributed by atoms with van der Waals surface area (Å²) in [4.78, 5) is 12.3. The fourth-order valence-corrected chi connectivity index (χ4v) is 2.16. The van der Waals surface area contributed by atoms with Crippen molar-refractivity contribution in [3.05, 3.63) is 66.2 Å². The van der Waals surface area contributed by atoms with Gasteiger partial charge in [0.2, 0.25) is 0 Å². The lowest BCUT2D eigenvalue weighted by Crippen LogP contribution is -2.30. The molecule has 0 saturated carbocycles. The Labute approximate surface area is 143 Å². The van der Waals surface area contributed by atoms with Crippen molar-refractivity contribution in [2.45, 2.75) is 26.9 Å². The van der Waals surface area contributed by atoms with E-state index in [2.05, 4.69) is 11.9 Å². The number of rotatable bonds is 7. The monoisotopic (exact) mass is 325 g/mol. The zero-order valence-corrected chi connectivity index (χ0v) is 14.3. The van der Waals surface area contributed by atoms with Gasteiger partial charge in [0.05, 0.1) is 0 Å². The lowest BCUT2D eigenvalue weighted by atomic mass is 10.1. The molecule has 0 radical (unpaired) electrons. The highest BCUT2D eigenvalue weighted by atomic mass is 16.5. The van der Waals surface area contributed by atoms with Gasteiger partial charge in [-0.1, -0.05) is 30.9 Å². The summed E-state index contributed by atoms with van der Waals surface area (Å²) in [6, 6.07) is 13.0. The van der Waals surface area contributed by atoms with Crippen LogP contribution in [-0.4, -0.2) is 18.6 Å². The van der Waals surface area contributed by atoms with Gasteiger partial charge < -0.3 is 14.8 Å². The Morgan fingerprint density at radius 2 is 2.00 bits per heavy atom. The van der Waals surface area contributed by atoms with E-state index in [-0.39, 0.29) is 5.91 Å². The first-order valence-corrected chi connectivity index (χ1v) is 7.88. The van der Waals surface area contributed by atoms with E-state index in [1.807, 2.05) is 50.2 Å². The molecule has 2 aromatic carbocycles. The van der Waals surface area contributed by atoms with Gasteiger partial charge in [-0.25, -0.2) is 0 Å². The van der Waals surface area contributed by atoms with Crippen LogP contribution < -0.4 is 14.8 Å². The number of carbonyl (C=O) groups excluding carboxylic acids is 1. The van der Waals surface area contributed by atoms with Crippen molar-refractivity contribution < 1.29 is 14.3 Å². The van der Waals surface area contributed by atoms with Gasteiger partial charge in [0.15, 0.2) is 6.10 Å². The molecule has 0 bridgehead atoms. The van der Waals surface area contributed by atoms with Crippen molar-refractivity contribution in [2.75, 3.05) is 11.9 Å². The number of nitrogens with one attached hydrogen (secondary N) is 1. The second-order valence-corrected chi connectivity index (χ2v) is 5.57. The fourth-order valence-electron chi connectivity index (χ4n) is 2.16. The van der Waals surface area contributed by atoms with Crippen LogP contribution in [0.2, 0.25) is 0 Å². The summed E-state index contributed by atoms with van der Waals surface area (Å²) in [5.74, 6) is 1.19. The Bertz CT molecular complexity index is 725. The number of amides is 1. The number of hydrogen-bond acceptors (Lipinski definition) is 3. The Kier molecular flexibility index (Phi) is 6.01. The lowest BCUT2D eigenvalue weighted by Gasteiger charge is -2.17. The molecule has 0 aromatic heterocycles. The molecule has 0 saturated heterocycles. The van der Waals surface area contributed by atoms with Crippen LogP contribution in [0.4, 0.5) is 5.69 Å². The van der Waals surface area contributed by atoms with E-state index >= 15 is 0 Å². The molecule has 0 spiro atoms. The fraction of sp³-hybridized carbons (Fsp3) is 0.250. The summed E-state index contributed by atoms with van der Waals surface area (Å²) >= 11 is 0. The minimum Gasteiger partial charge on any atom is -0.489 e. The summed E-state index contributed by atoms with van der Waals surface area (Å²) in [5, 5.41) is 2.84. The van der Waals surface area contributed by atoms with Crippen LogP contribution in [-0.2, 0) is 4.79 Å². The summed E-state index contributed by atoms with van der Waals surface area (Å²) in [6.07, 6.45) is 1.06. The smallest absolute Gasteiger partial charge is 0.265 e. The quantitative estimate of drug-likeness (QED) is 0.773. The van der Waals surface area contributed by atoms with Gasteiger partial charge in [-0.05, 0) is 50.1 Å². The van der Waals surface area contributed by atoms with Gasteiger partial charge in [-0.15, -0.1) is 0 Å². The molecule has 0 aliphatic heterocycles. The molecule has 2 rings (SSSR count). The highest BCUT2D eigenvalue weighted by Gasteiger charge is 2.16. The number of hydrogen-bond donors (Lipinski definition) is 1. The third kappa shape index (κ3) is 4.62. The summed E-state index contributed by atoms with van der Waals surface area (Å²) in [6.45, 7) is 9.76. The average Bonchev–Trinajstić information content (AvgIpc) is 2.57. The van der Waals surface area contributed by atoms with Crippen LogP contribution in [0.3, 0.4) is 0 Å². The first-order chi connectivity index (χ1) is 11.5.